The van der Waals surface area contributed by atoms with Crippen molar-refractivity contribution in [1.29, 1.82) is 0 Å². The number of aryl methyl sites for hydroxylation is 1. The van der Waals surface area contributed by atoms with Gasteiger partial charge in [-0.2, -0.15) is 10.2 Å². The molecule has 44 heavy (non-hydrogen) atoms. The van der Waals surface area contributed by atoms with E-state index in [-0.39, 0.29) is 76.2 Å². The van der Waals surface area contributed by atoms with Crippen LogP contribution >= 0.6 is 0 Å². The molecule has 0 unspecified atom stereocenters. The van der Waals surface area contributed by atoms with Crippen LogP contribution in [0.4, 0.5) is 34.1 Å². The summed E-state index contributed by atoms with van der Waals surface area (Å²) in [5, 5.41) is 21.3. The summed E-state index contributed by atoms with van der Waals surface area (Å²) < 4.78 is 69.7. The Labute approximate surface area is 298 Å². The number of azo groups is 2. The molecular weight excluding hydrogens is 624 g/mol. The van der Waals surface area contributed by atoms with Gasteiger partial charge in [0.15, 0.2) is 0 Å². The van der Waals surface area contributed by atoms with Crippen LogP contribution in [0, 0.1) is 6.92 Å². The van der Waals surface area contributed by atoms with Gasteiger partial charge in [-0.1, -0.05) is 48.0 Å². The summed E-state index contributed by atoms with van der Waals surface area (Å²) in [5.74, 6) is 0. The zero-order chi connectivity index (χ0) is 29.9. The van der Waals surface area contributed by atoms with Crippen LogP contribution in [-0.2, 0) is 20.2 Å². The number of nitrogens with zero attached hydrogens (tertiary/aromatic N) is 4. The minimum atomic E-state index is -4.99. The first-order chi connectivity index (χ1) is 20.0. The third-order valence-electron chi connectivity index (χ3n) is 6.11. The number of benzene rings is 5. The maximum Gasteiger partial charge on any atom is 1.00 e. The second kappa shape index (κ2) is 15.0. The van der Waals surface area contributed by atoms with Gasteiger partial charge in [0.2, 0.25) is 0 Å². The van der Waals surface area contributed by atoms with E-state index in [0.717, 1.165) is 40.2 Å². The Morgan fingerprint density at radius 3 is 1.93 bits per heavy atom. The summed E-state index contributed by atoms with van der Waals surface area (Å²) in [5.41, 5.74) is 3.00. The van der Waals surface area contributed by atoms with Crippen molar-refractivity contribution in [3.63, 3.8) is 0 Å². The fourth-order valence-corrected chi connectivity index (χ4v) is 5.10. The number of fused-ring (bicyclic) bond motifs is 1. The smallest absolute Gasteiger partial charge is 0.744 e. The average Bonchev–Trinajstić information content (AvgIpc) is 2.96. The second-order valence-corrected chi connectivity index (χ2v) is 11.9. The topological polar surface area (TPSA) is 176 Å². The van der Waals surface area contributed by atoms with Crippen LogP contribution in [0.3, 0.4) is 0 Å². The molecule has 1 N–H and O–H groups in total. The molecule has 0 saturated carbocycles. The van der Waals surface area contributed by atoms with Gasteiger partial charge in [-0.3, -0.25) is 0 Å². The zero-order valence-electron chi connectivity index (χ0n) is 23.9. The van der Waals surface area contributed by atoms with Gasteiger partial charge < -0.3 is 14.4 Å². The normalized spacial score (nSPS) is 11.8. The molecule has 0 atom stereocenters. The van der Waals surface area contributed by atoms with Crippen molar-refractivity contribution in [2.75, 3.05) is 5.32 Å². The molecule has 5 rings (SSSR count). The van der Waals surface area contributed by atoms with Gasteiger partial charge in [0.05, 0.1) is 26.9 Å². The predicted octanol–water partition coefficient (Wildman–Crippen LogP) is 1.54. The Hall–Kier alpha value is -2.82. The van der Waals surface area contributed by atoms with Crippen molar-refractivity contribution in [3.05, 3.63) is 109 Å². The molecule has 0 aliphatic carbocycles. The van der Waals surface area contributed by atoms with Gasteiger partial charge in [0, 0.05) is 11.1 Å². The van der Waals surface area contributed by atoms with E-state index in [1.807, 2.05) is 67.6 Å². The van der Waals surface area contributed by atoms with Gasteiger partial charge in [0.1, 0.15) is 31.6 Å². The summed E-state index contributed by atoms with van der Waals surface area (Å²) in [6.45, 7) is 1.98. The van der Waals surface area contributed by atoms with E-state index >= 15 is 0 Å². The number of hydrogen-bond donors (Lipinski definition) is 1. The molecule has 0 heterocycles. The fourth-order valence-electron chi connectivity index (χ4n) is 4.00. The first-order valence-corrected chi connectivity index (χ1v) is 15.1. The van der Waals surface area contributed by atoms with Crippen molar-refractivity contribution in [3.8, 4) is 0 Å². The van der Waals surface area contributed by atoms with Crippen molar-refractivity contribution < 1.29 is 85.1 Å². The molecule has 0 saturated heterocycles. The molecule has 0 fully saturated rings. The zero-order valence-corrected chi connectivity index (χ0v) is 29.5. The Morgan fingerprint density at radius 1 is 0.636 bits per heavy atom. The summed E-state index contributed by atoms with van der Waals surface area (Å²) in [7, 11) is -9.61. The maximum atomic E-state index is 12.1. The van der Waals surface area contributed by atoms with E-state index in [1.54, 1.807) is 0 Å². The molecule has 0 aliphatic rings. The van der Waals surface area contributed by atoms with Crippen molar-refractivity contribution in [2.45, 2.75) is 16.7 Å². The second-order valence-electron chi connectivity index (χ2n) is 9.13. The third kappa shape index (κ3) is 8.88. The summed E-state index contributed by atoms with van der Waals surface area (Å²) in [6.07, 6.45) is 0. The fraction of sp³-hybridized carbons (Fsp3) is 0.0345. The number of nitrogens with one attached hydrogen (secondary N) is 1. The standard InChI is InChI=1S/C29H23N5O6S2.2Na/c1-19-6-9-21(10-7-19)30-27-16-8-20-4-2-3-5-25(20)29(27)34-33-26-17-13-23(18-28(26)42(38,39)40)32-31-22-11-14-24(15-12-22)41(35,36)37;;/h2-18,30H,1H3,(H,35,36,37)(H,38,39,40);;/q;2*+1/p-2. The molecule has 0 bridgehead atoms. The Balaban J connectivity index is 0.00000264. The van der Waals surface area contributed by atoms with Gasteiger partial charge in [-0.05, 0) is 73.0 Å². The molecule has 11 nitrogen and oxygen atoms in total. The van der Waals surface area contributed by atoms with Crippen LogP contribution in [0.1, 0.15) is 5.56 Å². The third-order valence-corrected chi connectivity index (χ3v) is 7.82. The maximum absolute atomic E-state index is 12.1. The van der Waals surface area contributed by atoms with Gasteiger partial charge in [-0.25, -0.2) is 16.8 Å². The van der Waals surface area contributed by atoms with Crippen LogP contribution in [0.2, 0.25) is 0 Å². The van der Waals surface area contributed by atoms with Gasteiger partial charge in [-0.15, -0.1) is 10.2 Å². The number of anilines is 2. The van der Waals surface area contributed by atoms with Crippen molar-refractivity contribution >= 4 is 65.1 Å². The monoisotopic (exact) mass is 645 g/mol. The Morgan fingerprint density at radius 2 is 1.27 bits per heavy atom. The first kappa shape index (κ1) is 35.7. The van der Waals surface area contributed by atoms with E-state index < -0.39 is 30.0 Å². The molecular formula is C29H21N5Na2O6S2. The van der Waals surface area contributed by atoms with Crippen LogP contribution in [0.25, 0.3) is 10.8 Å². The minimum absolute atomic E-state index is 0. The van der Waals surface area contributed by atoms with E-state index in [9.17, 15) is 25.9 Å². The quantitative estimate of drug-likeness (QED) is 0.151. The van der Waals surface area contributed by atoms with E-state index in [2.05, 4.69) is 25.8 Å². The molecule has 212 valence electrons. The van der Waals surface area contributed by atoms with Crippen LogP contribution in [-0.4, -0.2) is 25.9 Å². The van der Waals surface area contributed by atoms with Crippen LogP contribution < -0.4 is 64.4 Å². The number of hydrogen-bond acceptors (Lipinski definition) is 11. The first-order valence-electron chi connectivity index (χ1n) is 12.3. The van der Waals surface area contributed by atoms with E-state index in [0.29, 0.717) is 11.4 Å². The van der Waals surface area contributed by atoms with E-state index in [4.69, 9.17) is 0 Å². The van der Waals surface area contributed by atoms with E-state index in [1.165, 1.54) is 24.3 Å². The molecule has 0 spiro atoms. The van der Waals surface area contributed by atoms with Crippen molar-refractivity contribution in [2.24, 2.45) is 20.5 Å². The summed E-state index contributed by atoms with van der Waals surface area (Å²) in [6, 6.07) is 27.4. The Kier molecular flexibility index (Phi) is 12.1. The molecule has 15 heteroatoms. The SMILES string of the molecule is Cc1ccc(Nc2ccc3ccccc3c2N=Nc2ccc(N=Nc3ccc(S(=O)(=O)[O-])cc3)cc2S(=O)(=O)[O-])cc1.[Na+].[Na+]. The molecule has 5 aromatic rings. The molecule has 0 amide bonds. The van der Waals surface area contributed by atoms with Gasteiger partial charge >= 0.3 is 59.1 Å². The molecule has 0 aromatic heterocycles. The molecule has 5 aromatic carbocycles. The summed E-state index contributed by atoms with van der Waals surface area (Å²) in [4.78, 5) is -1.08. The van der Waals surface area contributed by atoms with Crippen LogP contribution in [0.5, 0.6) is 0 Å². The average molecular weight is 646 g/mol. The molecule has 0 radical (unpaired) electrons. The summed E-state index contributed by atoms with van der Waals surface area (Å²) >= 11 is 0. The van der Waals surface area contributed by atoms with Crippen molar-refractivity contribution in [1.82, 2.24) is 0 Å². The number of rotatable bonds is 8. The molecule has 0 aliphatic heterocycles. The van der Waals surface area contributed by atoms with Crippen LogP contribution in [0.15, 0.2) is 133 Å². The Bertz CT molecular complexity index is 2070. The predicted molar refractivity (Wildman–Crippen MR) is 156 cm³/mol. The van der Waals surface area contributed by atoms with Gasteiger partial charge in [0.25, 0.3) is 0 Å². The largest absolute Gasteiger partial charge is 1.00 e. The minimum Gasteiger partial charge on any atom is -0.744 e.